The molecule has 92 valence electrons. The molecule has 0 aliphatic carbocycles. The maximum absolute atomic E-state index is 11.6. The normalized spacial score (nSPS) is 25.8. The lowest BCUT2D eigenvalue weighted by molar-refractivity contribution is -0.0282. The molecule has 1 aromatic rings. The summed E-state index contributed by atoms with van der Waals surface area (Å²) in [4.78, 5) is 13.7. The molecule has 1 saturated heterocycles. The average Bonchev–Trinajstić information content (AvgIpc) is 2.28. The molecule has 1 unspecified atom stereocenters. The van der Waals surface area contributed by atoms with Crippen molar-refractivity contribution in [2.45, 2.75) is 25.4 Å². The second-order valence-electron chi connectivity index (χ2n) is 4.97. The van der Waals surface area contributed by atoms with Crippen molar-refractivity contribution in [3.8, 4) is 0 Å². The molecule has 0 radical (unpaired) electrons. The predicted octanol–water partition coefficient (Wildman–Crippen LogP) is 1.80. The first-order valence-corrected chi connectivity index (χ1v) is 6.04. The molecule has 3 nitrogen and oxygen atoms in total. The van der Waals surface area contributed by atoms with Gasteiger partial charge in [0.05, 0.1) is 0 Å². The maximum atomic E-state index is 11.6. The first kappa shape index (κ1) is 12.3. The molecule has 0 amide bonds. The number of aliphatic hydroxyl groups is 1. The lowest BCUT2D eigenvalue weighted by Gasteiger charge is -2.38. The number of nitrogens with zero attached hydrogens (tertiary/aromatic N) is 1. The molecule has 0 spiro atoms. The van der Waals surface area contributed by atoms with Gasteiger partial charge in [0.1, 0.15) is 5.60 Å². The van der Waals surface area contributed by atoms with Gasteiger partial charge in [-0.25, -0.2) is 0 Å². The van der Waals surface area contributed by atoms with Crippen LogP contribution in [-0.2, 0) is 5.60 Å². The predicted molar refractivity (Wildman–Crippen MR) is 67.1 cm³/mol. The van der Waals surface area contributed by atoms with Crippen molar-refractivity contribution in [3.05, 3.63) is 35.4 Å². The van der Waals surface area contributed by atoms with E-state index in [1.54, 1.807) is 13.0 Å². The zero-order chi connectivity index (χ0) is 12.5. The summed E-state index contributed by atoms with van der Waals surface area (Å²) in [6.45, 7) is 3.15. The molecule has 0 aromatic heterocycles. The second kappa shape index (κ2) is 4.59. The van der Waals surface area contributed by atoms with Gasteiger partial charge in [-0.15, -0.1) is 0 Å². The van der Waals surface area contributed by atoms with Gasteiger partial charge in [0.15, 0.2) is 5.78 Å². The molecule has 17 heavy (non-hydrogen) atoms. The van der Waals surface area contributed by atoms with Crippen molar-refractivity contribution in [1.82, 2.24) is 4.90 Å². The van der Waals surface area contributed by atoms with E-state index in [-0.39, 0.29) is 5.78 Å². The molecule has 1 aliphatic rings. The number of β-amino-alcohol motifs (C(OH)–C–C–N with tert-alkyl or cyclic N) is 1. The average molecular weight is 233 g/mol. The Labute approximate surface area is 102 Å². The molecular weight excluding hydrogens is 214 g/mol. The fraction of sp³-hybridized carbons (Fsp3) is 0.500. The van der Waals surface area contributed by atoms with Crippen molar-refractivity contribution < 1.29 is 9.90 Å². The topological polar surface area (TPSA) is 40.5 Å². The van der Waals surface area contributed by atoms with Crippen LogP contribution in [0, 0.1) is 0 Å². The third kappa shape index (κ3) is 2.40. The molecule has 0 saturated carbocycles. The van der Waals surface area contributed by atoms with Crippen LogP contribution in [0.25, 0.3) is 0 Å². The number of rotatable bonds is 2. The number of likely N-dealkylation sites (tertiary alicyclic amines) is 1. The maximum Gasteiger partial charge on any atom is 0.160 e. The smallest absolute Gasteiger partial charge is 0.160 e. The number of benzene rings is 1. The molecule has 3 heteroatoms. The number of hydrogen-bond donors (Lipinski definition) is 1. The van der Waals surface area contributed by atoms with Gasteiger partial charge < -0.3 is 10.0 Å². The summed E-state index contributed by atoms with van der Waals surface area (Å²) < 4.78 is 0. The fourth-order valence-corrected chi connectivity index (χ4v) is 2.66. The van der Waals surface area contributed by atoms with Crippen molar-refractivity contribution in [2.24, 2.45) is 0 Å². The largest absolute Gasteiger partial charge is 0.384 e. The third-order valence-electron chi connectivity index (χ3n) is 3.47. The van der Waals surface area contributed by atoms with E-state index in [2.05, 4.69) is 4.90 Å². The minimum Gasteiger partial charge on any atom is -0.384 e. The van der Waals surface area contributed by atoms with Crippen LogP contribution in [0.2, 0.25) is 0 Å². The van der Waals surface area contributed by atoms with Gasteiger partial charge in [-0.05, 0) is 38.9 Å². The molecule has 1 atom stereocenters. The van der Waals surface area contributed by atoms with Crippen LogP contribution in [0.15, 0.2) is 24.3 Å². The van der Waals surface area contributed by atoms with Gasteiger partial charge in [0.2, 0.25) is 0 Å². The summed E-state index contributed by atoms with van der Waals surface area (Å²) in [7, 11) is 2.00. The highest BCUT2D eigenvalue weighted by Gasteiger charge is 2.35. The Kier molecular flexibility index (Phi) is 3.31. The van der Waals surface area contributed by atoms with Gasteiger partial charge in [-0.1, -0.05) is 24.3 Å². The van der Waals surface area contributed by atoms with E-state index in [4.69, 9.17) is 0 Å². The Balaban J connectivity index is 2.41. The van der Waals surface area contributed by atoms with Crippen molar-refractivity contribution >= 4 is 5.78 Å². The lowest BCUT2D eigenvalue weighted by Crippen LogP contribution is -2.44. The van der Waals surface area contributed by atoms with Crippen molar-refractivity contribution in [3.63, 3.8) is 0 Å². The molecule has 1 aliphatic heterocycles. The van der Waals surface area contributed by atoms with E-state index in [1.807, 2.05) is 25.2 Å². The standard InChI is InChI=1S/C14H19NO2/c1-11(16)12-6-3-4-7-13(12)14(17)8-5-9-15(2)10-14/h3-4,6-7,17H,5,8-10H2,1-2H3. The number of likely N-dealkylation sites (N-methyl/N-ethyl adjacent to an activating group) is 1. The van der Waals surface area contributed by atoms with E-state index >= 15 is 0 Å². The van der Waals surface area contributed by atoms with Gasteiger partial charge >= 0.3 is 0 Å². The minimum absolute atomic E-state index is 0.0160. The van der Waals surface area contributed by atoms with E-state index in [1.165, 1.54) is 0 Å². The molecule has 1 heterocycles. The summed E-state index contributed by atoms with van der Waals surface area (Å²) in [5, 5.41) is 10.7. The van der Waals surface area contributed by atoms with Crippen LogP contribution >= 0.6 is 0 Å². The van der Waals surface area contributed by atoms with Crippen molar-refractivity contribution in [2.75, 3.05) is 20.1 Å². The highest BCUT2D eigenvalue weighted by Crippen LogP contribution is 2.33. The van der Waals surface area contributed by atoms with Crippen LogP contribution in [0.4, 0.5) is 0 Å². The van der Waals surface area contributed by atoms with Gasteiger partial charge in [-0.3, -0.25) is 4.79 Å². The van der Waals surface area contributed by atoms with E-state index in [0.717, 1.165) is 24.9 Å². The van der Waals surface area contributed by atoms with Crippen LogP contribution in [0.3, 0.4) is 0 Å². The Bertz CT molecular complexity index is 430. The number of carbonyl (C=O) groups is 1. The van der Waals surface area contributed by atoms with Crippen LogP contribution in [0.5, 0.6) is 0 Å². The zero-order valence-corrected chi connectivity index (χ0v) is 10.4. The van der Waals surface area contributed by atoms with E-state index in [9.17, 15) is 9.90 Å². The zero-order valence-electron chi connectivity index (χ0n) is 10.4. The van der Waals surface area contributed by atoms with Gasteiger partial charge in [-0.2, -0.15) is 0 Å². The Morgan fingerprint density at radius 3 is 2.76 bits per heavy atom. The molecule has 1 fully saturated rings. The van der Waals surface area contributed by atoms with Gasteiger partial charge in [0, 0.05) is 12.1 Å². The number of hydrogen-bond acceptors (Lipinski definition) is 3. The lowest BCUT2D eigenvalue weighted by atomic mass is 9.82. The summed E-state index contributed by atoms with van der Waals surface area (Å²) in [5.41, 5.74) is 0.541. The second-order valence-corrected chi connectivity index (χ2v) is 4.97. The van der Waals surface area contributed by atoms with Crippen LogP contribution < -0.4 is 0 Å². The highest BCUT2D eigenvalue weighted by atomic mass is 16.3. The number of ketones is 1. The third-order valence-corrected chi connectivity index (χ3v) is 3.47. The van der Waals surface area contributed by atoms with Crippen LogP contribution in [0.1, 0.15) is 35.7 Å². The summed E-state index contributed by atoms with van der Waals surface area (Å²) in [6.07, 6.45) is 1.68. The highest BCUT2D eigenvalue weighted by molar-refractivity contribution is 5.95. The Morgan fingerprint density at radius 2 is 2.12 bits per heavy atom. The fourth-order valence-electron chi connectivity index (χ4n) is 2.66. The van der Waals surface area contributed by atoms with Gasteiger partial charge in [0.25, 0.3) is 0 Å². The number of carbonyl (C=O) groups excluding carboxylic acids is 1. The van der Waals surface area contributed by atoms with E-state index in [0.29, 0.717) is 12.1 Å². The number of Topliss-reactive ketones (excluding diaryl/α,β-unsaturated/α-hetero) is 1. The van der Waals surface area contributed by atoms with Crippen LogP contribution in [-0.4, -0.2) is 35.9 Å². The summed E-state index contributed by atoms with van der Waals surface area (Å²) in [5.74, 6) is 0.0160. The Morgan fingerprint density at radius 1 is 1.41 bits per heavy atom. The first-order chi connectivity index (χ1) is 8.03. The minimum atomic E-state index is -0.880. The monoisotopic (exact) mass is 233 g/mol. The number of piperidine rings is 1. The first-order valence-electron chi connectivity index (χ1n) is 6.04. The molecule has 0 bridgehead atoms. The SMILES string of the molecule is CC(=O)c1ccccc1C1(O)CCCN(C)C1. The molecule has 2 rings (SSSR count). The molecule has 1 aromatic carbocycles. The summed E-state index contributed by atoms with van der Waals surface area (Å²) in [6, 6.07) is 7.39. The Hall–Kier alpha value is -1.19. The molecule has 1 N–H and O–H groups in total. The molecular formula is C14H19NO2. The van der Waals surface area contributed by atoms with E-state index < -0.39 is 5.60 Å². The quantitative estimate of drug-likeness (QED) is 0.792. The summed E-state index contributed by atoms with van der Waals surface area (Å²) >= 11 is 0. The van der Waals surface area contributed by atoms with Crippen molar-refractivity contribution in [1.29, 1.82) is 0 Å².